The van der Waals surface area contributed by atoms with E-state index in [-0.39, 0.29) is 17.9 Å². The number of nitrogens with one attached hydrogen (secondary N) is 1. The molecule has 1 aromatic carbocycles. The molecule has 180 valence electrons. The Bertz CT molecular complexity index is 1190. The van der Waals surface area contributed by atoms with Gasteiger partial charge in [-0.05, 0) is 44.7 Å². The minimum atomic E-state index is -0.321. The van der Waals surface area contributed by atoms with Gasteiger partial charge in [-0.2, -0.15) is 0 Å². The first-order valence-corrected chi connectivity index (χ1v) is 11.4. The fraction of sp³-hybridized carbons (Fsp3) is 0.417. The molecule has 1 aliphatic heterocycles. The van der Waals surface area contributed by atoms with Gasteiger partial charge in [-0.1, -0.05) is 6.07 Å². The Kier molecular flexibility index (Phi) is 7.09. The summed E-state index contributed by atoms with van der Waals surface area (Å²) in [6.45, 7) is 5.48. The van der Waals surface area contributed by atoms with Crippen molar-refractivity contribution in [3.05, 3.63) is 47.7 Å². The van der Waals surface area contributed by atoms with E-state index in [9.17, 15) is 9.59 Å². The third-order valence-corrected chi connectivity index (χ3v) is 6.03. The quantitative estimate of drug-likeness (QED) is 0.405. The third-order valence-electron chi connectivity index (χ3n) is 6.03. The van der Waals surface area contributed by atoms with E-state index < -0.39 is 0 Å². The first kappa shape index (κ1) is 23.7. The largest absolute Gasteiger partial charge is 0.399 e. The lowest BCUT2D eigenvalue weighted by molar-refractivity contribution is 0.0533. The van der Waals surface area contributed by atoms with E-state index in [1.165, 1.54) is 0 Å². The zero-order chi connectivity index (χ0) is 24.2. The van der Waals surface area contributed by atoms with E-state index in [0.29, 0.717) is 60.0 Å². The number of nitrogens with zero attached hydrogens (tertiary/aromatic N) is 5. The predicted octanol–water partition coefficient (Wildman–Crippen LogP) is 2.08. The Morgan fingerprint density at radius 1 is 1.24 bits per heavy atom. The molecule has 1 fully saturated rings. The summed E-state index contributed by atoms with van der Waals surface area (Å²) in [6, 6.07) is 8.61. The van der Waals surface area contributed by atoms with Crippen molar-refractivity contribution in [3.63, 3.8) is 0 Å². The smallest absolute Gasteiger partial charge is 0.258 e. The number of carbonyl (C=O) groups excluding carboxylic acids is 2. The van der Waals surface area contributed by atoms with Gasteiger partial charge < -0.3 is 20.3 Å². The van der Waals surface area contributed by atoms with E-state index in [4.69, 9.17) is 10.5 Å². The van der Waals surface area contributed by atoms with Crippen LogP contribution in [0.4, 0.5) is 11.6 Å². The van der Waals surface area contributed by atoms with Crippen LogP contribution in [-0.2, 0) is 11.3 Å². The van der Waals surface area contributed by atoms with Gasteiger partial charge in [0.05, 0.1) is 5.56 Å². The fourth-order valence-electron chi connectivity index (χ4n) is 4.26. The number of ether oxygens (including phenoxy) is 1. The number of hydrogen-bond donors (Lipinski definition) is 2. The third kappa shape index (κ3) is 5.02. The van der Waals surface area contributed by atoms with Gasteiger partial charge in [0.2, 0.25) is 5.95 Å². The fourth-order valence-corrected chi connectivity index (χ4v) is 4.26. The highest BCUT2D eigenvalue weighted by molar-refractivity contribution is 6.04. The highest BCUT2D eigenvalue weighted by atomic mass is 16.5. The SMILES string of the molecule is COCCCn1c(NC(=O)c2cccc(N)c2)nc2cc(C(=O)N3CCN(C)C[C@H]3C)cnc21. The lowest BCUT2D eigenvalue weighted by Crippen LogP contribution is -2.52. The Hall–Kier alpha value is -3.50. The molecule has 0 spiro atoms. The minimum Gasteiger partial charge on any atom is -0.399 e. The molecule has 0 aliphatic carbocycles. The van der Waals surface area contributed by atoms with Gasteiger partial charge in [0, 0.05) is 63.4 Å². The zero-order valence-corrected chi connectivity index (χ0v) is 19.8. The van der Waals surface area contributed by atoms with Crippen molar-refractivity contribution in [2.75, 3.05) is 51.4 Å². The number of nitrogen functional groups attached to an aromatic ring is 1. The minimum absolute atomic E-state index is 0.0609. The molecule has 10 heteroatoms. The summed E-state index contributed by atoms with van der Waals surface area (Å²) in [5.41, 5.74) is 8.39. The molecule has 0 radical (unpaired) electrons. The van der Waals surface area contributed by atoms with Crippen LogP contribution >= 0.6 is 0 Å². The molecule has 1 aliphatic rings. The number of aryl methyl sites for hydroxylation is 1. The summed E-state index contributed by atoms with van der Waals surface area (Å²) in [4.78, 5) is 39.3. The average Bonchev–Trinajstić information content (AvgIpc) is 3.15. The van der Waals surface area contributed by atoms with Crippen LogP contribution in [0.1, 0.15) is 34.1 Å². The number of rotatable bonds is 7. The molecule has 2 amide bonds. The number of pyridine rings is 1. The van der Waals surface area contributed by atoms with Crippen molar-refractivity contribution in [3.8, 4) is 0 Å². The van der Waals surface area contributed by atoms with E-state index in [1.54, 1.807) is 43.6 Å². The van der Waals surface area contributed by atoms with Crippen LogP contribution in [0.5, 0.6) is 0 Å². The first-order valence-electron chi connectivity index (χ1n) is 11.4. The summed E-state index contributed by atoms with van der Waals surface area (Å²) < 4.78 is 7.02. The van der Waals surface area contributed by atoms with Crippen LogP contribution in [0.3, 0.4) is 0 Å². The predicted molar refractivity (Wildman–Crippen MR) is 131 cm³/mol. The number of aromatic nitrogens is 3. The number of fused-ring (bicyclic) bond motifs is 1. The monoisotopic (exact) mass is 465 g/mol. The molecule has 0 bridgehead atoms. The van der Waals surface area contributed by atoms with Crippen LogP contribution in [-0.4, -0.2) is 82.6 Å². The zero-order valence-electron chi connectivity index (χ0n) is 19.8. The van der Waals surface area contributed by atoms with Crippen molar-refractivity contribution in [1.29, 1.82) is 0 Å². The van der Waals surface area contributed by atoms with Crippen LogP contribution in [0.15, 0.2) is 36.5 Å². The number of imidazole rings is 1. The average molecular weight is 466 g/mol. The van der Waals surface area contributed by atoms with Gasteiger partial charge in [0.15, 0.2) is 5.65 Å². The summed E-state index contributed by atoms with van der Waals surface area (Å²) in [5.74, 6) is -0.0176. The van der Waals surface area contributed by atoms with Crippen molar-refractivity contribution >= 4 is 34.6 Å². The number of likely N-dealkylation sites (N-methyl/N-ethyl adjacent to an activating group) is 1. The van der Waals surface area contributed by atoms with Crippen molar-refractivity contribution in [1.82, 2.24) is 24.3 Å². The molecule has 0 saturated carbocycles. The molecule has 4 rings (SSSR count). The Labute approximate surface area is 198 Å². The molecule has 3 N–H and O–H groups in total. The molecule has 0 unspecified atom stereocenters. The second kappa shape index (κ2) is 10.2. The van der Waals surface area contributed by atoms with E-state index in [0.717, 1.165) is 13.1 Å². The molecule has 1 saturated heterocycles. The summed E-state index contributed by atoms with van der Waals surface area (Å²) in [7, 11) is 3.70. The molecular weight excluding hydrogens is 434 g/mol. The van der Waals surface area contributed by atoms with Crippen LogP contribution < -0.4 is 11.1 Å². The summed E-state index contributed by atoms with van der Waals surface area (Å²) >= 11 is 0. The van der Waals surface area contributed by atoms with Crippen LogP contribution in [0.2, 0.25) is 0 Å². The van der Waals surface area contributed by atoms with Gasteiger partial charge >= 0.3 is 0 Å². The molecule has 3 heterocycles. The number of anilines is 2. The maximum absolute atomic E-state index is 13.2. The number of methoxy groups -OCH3 is 1. The van der Waals surface area contributed by atoms with Crippen molar-refractivity contribution in [2.24, 2.45) is 0 Å². The standard InChI is InChI=1S/C24H31N7O3/c1-16-15-29(2)9-10-30(16)23(33)18-13-20-21(26-14-18)31(8-5-11-34-3)24(27-20)28-22(32)17-6-4-7-19(25)12-17/h4,6-7,12-14,16H,5,8-11,15,25H2,1-3H3,(H,27,28,32)/t16-/m1/s1. The normalized spacial score (nSPS) is 16.7. The van der Waals surface area contributed by atoms with Crippen LogP contribution in [0, 0.1) is 0 Å². The number of amides is 2. The maximum Gasteiger partial charge on any atom is 0.258 e. The molecule has 2 aromatic heterocycles. The number of nitrogens with two attached hydrogens (primary N) is 1. The molecule has 1 atom stereocenters. The summed E-state index contributed by atoms with van der Waals surface area (Å²) in [6.07, 6.45) is 2.30. The van der Waals surface area contributed by atoms with E-state index in [2.05, 4.69) is 27.2 Å². The molecular formula is C24H31N7O3. The Morgan fingerprint density at radius 2 is 2.06 bits per heavy atom. The summed E-state index contributed by atoms with van der Waals surface area (Å²) in [5, 5.41) is 2.87. The van der Waals surface area contributed by atoms with E-state index >= 15 is 0 Å². The van der Waals surface area contributed by atoms with Crippen molar-refractivity contribution in [2.45, 2.75) is 25.9 Å². The van der Waals surface area contributed by atoms with Crippen molar-refractivity contribution < 1.29 is 14.3 Å². The molecule has 3 aromatic rings. The molecule has 10 nitrogen and oxygen atoms in total. The molecule has 34 heavy (non-hydrogen) atoms. The highest BCUT2D eigenvalue weighted by Gasteiger charge is 2.27. The lowest BCUT2D eigenvalue weighted by atomic mass is 10.1. The van der Waals surface area contributed by atoms with Gasteiger partial charge in [0.25, 0.3) is 11.8 Å². The van der Waals surface area contributed by atoms with Gasteiger partial charge in [-0.25, -0.2) is 9.97 Å². The first-order chi connectivity index (χ1) is 16.4. The number of benzene rings is 1. The van der Waals surface area contributed by atoms with E-state index in [1.807, 2.05) is 16.4 Å². The van der Waals surface area contributed by atoms with Gasteiger partial charge in [0.1, 0.15) is 5.52 Å². The van der Waals surface area contributed by atoms with Gasteiger partial charge in [-0.3, -0.25) is 19.5 Å². The maximum atomic E-state index is 13.2. The highest BCUT2D eigenvalue weighted by Crippen LogP contribution is 2.22. The van der Waals surface area contributed by atoms with Crippen LogP contribution in [0.25, 0.3) is 11.2 Å². The van der Waals surface area contributed by atoms with Gasteiger partial charge in [-0.15, -0.1) is 0 Å². The number of hydrogen-bond acceptors (Lipinski definition) is 7. The lowest BCUT2D eigenvalue weighted by Gasteiger charge is -2.38. The number of piperazine rings is 1. The number of carbonyl (C=O) groups is 2. The topological polar surface area (TPSA) is 119 Å². The Balaban J connectivity index is 1.64. The second-order valence-electron chi connectivity index (χ2n) is 8.69. The second-order valence-corrected chi connectivity index (χ2v) is 8.69. The Morgan fingerprint density at radius 3 is 2.79 bits per heavy atom.